The summed E-state index contributed by atoms with van der Waals surface area (Å²) < 4.78 is 5.37. The van der Waals surface area contributed by atoms with Gasteiger partial charge in [0, 0.05) is 29.4 Å². The highest BCUT2D eigenvalue weighted by Gasteiger charge is 2.04. The fourth-order valence-electron chi connectivity index (χ4n) is 1.72. The smallest absolute Gasteiger partial charge is 0.221 e. The van der Waals surface area contributed by atoms with Crippen LogP contribution in [0.5, 0.6) is 5.75 Å². The molecule has 22 heavy (non-hydrogen) atoms. The Morgan fingerprint density at radius 1 is 1.36 bits per heavy atom. The van der Waals surface area contributed by atoms with E-state index in [4.69, 9.17) is 9.53 Å². The number of hydrogen-bond acceptors (Lipinski definition) is 6. The minimum Gasteiger partial charge on any atom is -0.496 e. The van der Waals surface area contributed by atoms with Crippen LogP contribution in [-0.4, -0.2) is 25.6 Å². The van der Waals surface area contributed by atoms with Gasteiger partial charge in [-0.2, -0.15) is 0 Å². The molecule has 1 aromatic carbocycles. The number of methoxy groups -OCH3 is 1. The molecule has 0 saturated carbocycles. The van der Waals surface area contributed by atoms with Crippen LogP contribution in [0.1, 0.15) is 15.4 Å². The molecule has 4 N–H and O–H groups in total. The number of nitrogens with one attached hydrogen (secondary N) is 2. The number of carbonyl (C=O) groups excluding carboxylic acids is 1. The third kappa shape index (κ3) is 5.19. The van der Waals surface area contributed by atoms with Gasteiger partial charge in [-0.05, 0) is 31.2 Å². The average molecular weight is 320 g/mol. The number of nitrogens with two attached hydrogens (primary N) is 1. The monoisotopic (exact) mass is 320 g/mol. The lowest BCUT2D eigenvalue weighted by Gasteiger charge is -2.09. The van der Waals surface area contributed by atoms with E-state index in [1.165, 1.54) is 4.88 Å². The van der Waals surface area contributed by atoms with E-state index in [0.717, 1.165) is 22.0 Å². The number of anilines is 1. The third-order valence-corrected chi connectivity index (χ3v) is 3.53. The average Bonchev–Trinajstić information content (AvgIpc) is 2.98. The summed E-state index contributed by atoms with van der Waals surface area (Å²) in [6.07, 6.45) is 6.32. The molecule has 0 aliphatic heterocycles. The molecule has 1 amide bonds. The quantitative estimate of drug-likeness (QED) is 0.340. The van der Waals surface area contributed by atoms with Crippen molar-refractivity contribution in [2.24, 2.45) is 5.84 Å². The van der Waals surface area contributed by atoms with Gasteiger partial charge < -0.3 is 10.1 Å². The molecule has 0 saturated heterocycles. The topological polar surface area (TPSA) is 89.3 Å². The molecular weight excluding hydrogens is 300 g/mol. The van der Waals surface area contributed by atoms with Crippen LogP contribution in [-0.2, 0) is 4.79 Å². The van der Waals surface area contributed by atoms with Gasteiger partial charge in [-0.3, -0.25) is 10.2 Å². The molecule has 0 unspecified atom stereocenters. The number of nitrogens with zero attached hydrogens (tertiary/aromatic N) is 1. The summed E-state index contributed by atoms with van der Waals surface area (Å²) >= 11 is 1.67. The molecule has 118 valence electrons. The molecule has 0 aliphatic carbocycles. The van der Waals surface area contributed by atoms with Crippen molar-refractivity contribution in [1.29, 1.82) is 0 Å². The maximum atomic E-state index is 8.94. The molecule has 6 nitrogen and oxygen atoms in total. The number of ether oxygens (including phenoxy) is 1. The van der Waals surface area contributed by atoms with E-state index < -0.39 is 0 Å². The molecule has 0 atom stereocenters. The van der Waals surface area contributed by atoms with Crippen molar-refractivity contribution in [2.45, 2.75) is 6.92 Å². The summed E-state index contributed by atoms with van der Waals surface area (Å²) in [6, 6.07) is 5.94. The summed E-state index contributed by atoms with van der Waals surface area (Å²) in [5.74, 6) is 5.26. The van der Waals surface area contributed by atoms with Gasteiger partial charge in [0.05, 0.1) is 7.11 Å². The summed E-state index contributed by atoms with van der Waals surface area (Å²) in [7, 11) is 3.58. The standard InChI is InChI=1S/C14H16N2OS.CH4N2O/c1-10-9-16-14(18-10)8-7-11-12(15-2)5-4-6-13(11)17-3;2-3-1-4/h4-9,15H,1-3H3;1H,2H2,(H,3,4)/b8-7+;. The van der Waals surface area contributed by atoms with Crippen LogP contribution in [0.15, 0.2) is 24.4 Å². The van der Waals surface area contributed by atoms with Gasteiger partial charge in [0.2, 0.25) is 6.41 Å². The highest BCUT2D eigenvalue weighted by Crippen LogP contribution is 2.28. The lowest BCUT2D eigenvalue weighted by atomic mass is 10.1. The van der Waals surface area contributed by atoms with E-state index in [1.807, 2.05) is 43.6 Å². The van der Waals surface area contributed by atoms with Crippen LogP contribution in [0, 0.1) is 6.92 Å². The Morgan fingerprint density at radius 3 is 2.59 bits per heavy atom. The van der Waals surface area contributed by atoms with Gasteiger partial charge in [-0.15, -0.1) is 11.3 Å². The zero-order valence-corrected chi connectivity index (χ0v) is 13.6. The van der Waals surface area contributed by atoms with Crippen LogP contribution in [0.25, 0.3) is 12.2 Å². The molecule has 0 fully saturated rings. The largest absolute Gasteiger partial charge is 0.496 e. The molecule has 0 bridgehead atoms. The lowest BCUT2D eigenvalue weighted by molar-refractivity contribution is -0.109. The number of hydrogen-bond donors (Lipinski definition) is 3. The van der Waals surface area contributed by atoms with Gasteiger partial charge in [0.25, 0.3) is 0 Å². The number of rotatable bonds is 5. The van der Waals surface area contributed by atoms with E-state index in [2.05, 4.69) is 23.1 Å². The van der Waals surface area contributed by atoms with E-state index in [0.29, 0.717) is 6.41 Å². The zero-order chi connectivity index (χ0) is 16.4. The van der Waals surface area contributed by atoms with Crippen molar-refractivity contribution in [3.8, 4) is 5.75 Å². The second-order valence-corrected chi connectivity index (χ2v) is 5.36. The number of benzene rings is 1. The minimum atomic E-state index is 0.403. The van der Waals surface area contributed by atoms with Gasteiger partial charge in [0.15, 0.2) is 0 Å². The fourth-order valence-corrected chi connectivity index (χ4v) is 2.39. The van der Waals surface area contributed by atoms with Crippen molar-refractivity contribution in [2.75, 3.05) is 19.5 Å². The van der Waals surface area contributed by atoms with Crippen LogP contribution in [0.3, 0.4) is 0 Å². The van der Waals surface area contributed by atoms with Crippen molar-refractivity contribution < 1.29 is 9.53 Å². The van der Waals surface area contributed by atoms with Crippen molar-refractivity contribution in [3.05, 3.63) is 39.8 Å². The van der Waals surface area contributed by atoms with E-state index in [-0.39, 0.29) is 0 Å². The van der Waals surface area contributed by atoms with Crippen molar-refractivity contribution >= 4 is 35.6 Å². The van der Waals surface area contributed by atoms with Crippen molar-refractivity contribution in [3.63, 3.8) is 0 Å². The van der Waals surface area contributed by atoms with Crippen LogP contribution < -0.4 is 21.3 Å². The maximum absolute atomic E-state index is 8.94. The number of aryl methyl sites for hydroxylation is 1. The number of thiazole rings is 1. The number of carbonyl (C=O) groups is 1. The predicted molar refractivity (Wildman–Crippen MR) is 91.7 cm³/mol. The molecule has 0 aliphatic rings. The predicted octanol–water partition coefficient (Wildman–Crippen LogP) is 2.28. The molecule has 2 aromatic rings. The normalized spacial score (nSPS) is 9.82. The van der Waals surface area contributed by atoms with Gasteiger partial charge in [-0.1, -0.05) is 6.07 Å². The second kappa shape index (κ2) is 9.54. The van der Waals surface area contributed by atoms with Gasteiger partial charge in [-0.25, -0.2) is 10.8 Å². The van der Waals surface area contributed by atoms with Gasteiger partial charge in [0.1, 0.15) is 10.8 Å². The number of hydrazine groups is 1. The van der Waals surface area contributed by atoms with Crippen LogP contribution in [0.4, 0.5) is 5.69 Å². The Labute approximate surface area is 134 Å². The highest BCUT2D eigenvalue weighted by molar-refractivity contribution is 7.12. The molecular formula is C15H20N4O2S. The first-order valence-corrected chi connectivity index (χ1v) is 7.33. The summed E-state index contributed by atoms with van der Waals surface area (Å²) in [5, 5.41) is 4.16. The first-order valence-electron chi connectivity index (χ1n) is 6.51. The SMILES string of the molecule is CNc1cccc(OC)c1/C=C/c1ncc(C)s1.NNC=O. The van der Waals surface area contributed by atoms with Crippen molar-refractivity contribution in [1.82, 2.24) is 10.4 Å². The first kappa shape index (κ1) is 17.7. The Hall–Kier alpha value is -2.38. The lowest BCUT2D eigenvalue weighted by Crippen LogP contribution is -2.18. The second-order valence-electron chi connectivity index (χ2n) is 4.10. The highest BCUT2D eigenvalue weighted by atomic mass is 32.1. The molecule has 1 heterocycles. The third-order valence-electron chi connectivity index (χ3n) is 2.66. The summed E-state index contributed by atoms with van der Waals surface area (Å²) in [4.78, 5) is 14.5. The van der Waals surface area contributed by atoms with E-state index >= 15 is 0 Å². The summed E-state index contributed by atoms with van der Waals surface area (Å²) in [5.41, 5.74) is 3.83. The Bertz CT molecular complexity index is 604. The Balaban J connectivity index is 0.000000541. The fraction of sp³-hybridized carbons (Fsp3) is 0.200. The molecule has 0 radical (unpaired) electrons. The molecule has 7 heteroatoms. The number of amides is 1. The van der Waals surface area contributed by atoms with Crippen LogP contribution in [0.2, 0.25) is 0 Å². The Morgan fingerprint density at radius 2 is 2.09 bits per heavy atom. The van der Waals surface area contributed by atoms with Gasteiger partial charge >= 0.3 is 0 Å². The molecule has 0 spiro atoms. The van der Waals surface area contributed by atoms with E-state index in [1.54, 1.807) is 23.9 Å². The maximum Gasteiger partial charge on any atom is 0.221 e. The minimum absolute atomic E-state index is 0.403. The first-order chi connectivity index (χ1) is 10.7. The Kier molecular flexibility index (Phi) is 7.66. The zero-order valence-electron chi connectivity index (χ0n) is 12.8. The van der Waals surface area contributed by atoms with Crippen LogP contribution >= 0.6 is 11.3 Å². The van der Waals surface area contributed by atoms with E-state index in [9.17, 15) is 0 Å². The molecule has 1 aromatic heterocycles. The summed E-state index contributed by atoms with van der Waals surface area (Å²) in [6.45, 7) is 2.05. The number of aromatic nitrogens is 1. The molecule has 2 rings (SSSR count).